The predicted molar refractivity (Wildman–Crippen MR) is 88.4 cm³/mol. The van der Waals surface area contributed by atoms with Gasteiger partial charge < -0.3 is 15.8 Å². The van der Waals surface area contributed by atoms with Gasteiger partial charge in [-0.25, -0.2) is 13.2 Å². The first-order valence-electron chi connectivity index (χ1n) is 6.86. The fourth-order valence-electron chi connectivity index (χ4n) is 2.10. The molecule has 0 radical (unpaired) electrons. The molecule has 0 aliphatic rings. The number of nitrogens with two attached hydrogens (primary N) is 1. The third-order valence-electron chi connectivity index (χ3n) is 3.18. The molecule has 0 aromatic heterocycles. The Hall–Kier alpha value is -2.87. The summed E-state index contributed by atoms with van der Waals surface area (Å²) < 4.78 is 30.2. The van der Waals surface area contributed by atoms with Crippen LogP contribution in [0, 0.1) is 0 Å². The smallest absolute Gasteiger partial charge is 0.339 e. The molecule has 8 heteroatoms. The summed E-state index contributed by atoms with van der Waals surface area (Å²) in [5.74, 6) is -1.06. The number of nitrogen functional groups attached to an aromatic ring is 1. The molecule has 0 heterocycles. The summed E-state index contributed by atoms with van der Waals surface area (Å²) in [6.45, 7) is 1.35. The van der Waals surface area contributed by atoms with Crippen LogP contribution in [0.25, 0.3) is 0 Å². The van der Waals surface area contributed by atoms with Crippen LogP contribution in [0.3, 0.4) is 0 Å². The van der Waals surface area contributed by atoms with E-state index in [0.717, 1.165) is 7.11 Å². The summed E-state index contributed by atoms with van der Waals surface area (Å²) in [7, 11) is -2.80. The number of esters is 1. The molecule has 0 atom stereocenters. The van der Waals surface area contributed by atoms with Gasteiger partial charge >= 0.3 is 5.97 Å². The molecule has 0 aliphatic heterocycles. The summed E-state index contributed by atoms with van der Waals surface area (Å²) in [5, 5.41) is 2.55. The molecule has 0 saturated heterocycles. The Bertz CT molecular complexity index is 889. The quantitative estimate of drug-likeness (QED) is 0.643. The fraction of sp³-hybridized carbons (Fsp3) is 0.125. The SMILES string of the molecule is COC(=O)c1cc(N)ccc1S(=O)(=O)c1ccc(NC(C)=O)cc1. The molecule has 0 bridgehead atoms. The molecule has 2 rings (SSSR count). The van der Waals surface area contributed by atoms with E-state index >= 15 is 0 Å². The highest BCUT2D eigenvalue weighted by Gasteiger charge is 2.25. The minimum absolute atomic E-state index is 0.0217. The lowest BCUT2D eigenvalue weighted by atomic mass is 10.2. The molecule has 24 heavy (non-hydrogen) atoms. The van der Waals surface area contributed by atoms with Crippen LogP contribution in [-0.2, 0) is 19.4 Å². The van der Waals surface area contributed by atoms with Crippen LogP contribution in [0.5, 0.6) is 0 Å². The van der Waals surface area contributed by atoms with Crippen molar-refractivity contribution in [3.05, 3.63) is 48.0 Å². The minimum Gasteiger partial charge on any atom is -0.465 e. The van der Waals surface area contributed by atoms with Crippen LogP contribution >= 0.6 is 0 Å². The van der Waals surface area contributed by atoms with Crippen molar-refractivity contribution in [3.8, 4) is 0 Å². The highest BCUT2D eigenvalue weighted by atomic mass is 32.2. The second-order valence-electron chi connectivity index (χ2n) is 4.96. The van der Waals surface area contributed by atoms with E-state index in [2.05, 4.69) is 10.1 Å². The summed E-state index contributed by atoms with van der Waals surface area (Å²) in [6, 6.07) is 9.52. The fourth-order valence-corrected chi connectivity index (χ4v) is 3.53. The van der Waals surface area contributed by atoms with Gasteiger partial charge in [0.05, 0.1) is 22.5 Å². The lowest BCUT2D eigenvalue weighted by Gasteiger charge is -2.11. The number of carbonyl (C=O) groups excluding carboxylic acids is 2. The van der Waals surface area contributed by atoms with Crippen molar-refractivity contribution >= 4 is 33.1 Å². The Kier molecular flexibility index (Phi) is 4.89. The van der Waals surface area contributed by atoms with Crippen LogP contribution in [0.1, 0.15) is 17.3 Å². The van der Waals surface area contributed by atoms with Gasteiger partial charge in [-0.1, -0.05) is 0 Å². The Morgan fingerprint density at radius 2 is 1.71 bits per heavy atom. The molecule has 0 saturated carbocycles. The lowest BCUT2D eigenvalue weighted by molar-refractivity contribution is -0.114. The van der Waals surface area contributed by atoms with E-state index < -0.39 is 15.8 Å². The number of rotatable bonds is 4. The van der Waals surface area contributed by atoms with Gasteiger partial charge in [0.15, 0.2) is 0 Å². The Labute approximate surface area is 139 Å². The summed E-state index contributed by atoms with van der Waals surface area (Å²) >= 11 is 0. The third kappa shape index (κ3) is 3.54. The Morgan fingerprint density at radius 1 is 1.08 bits per heavy atom. The normalized spacial score (nSPS) is 10.9. The Morgan fingerprint density at radius 3 is 2.25 bits per heavy atom. The van der Waals surface area contributed by atoms with E-state index in [4.69, 9.17) is 5.73 Å². The number of carbonyl (C=O) groups is 2. The molecule has 2 aromatic rings. The first-order chi connectivity index (χ1) is 11.3. The summed E-state index contributed by atoms with van der Waals surface area (Å²) in [5.41, 5.74) is 6.20. The second kappa shape index (κ2) is 6.71. The highest BCUT2D eigenvalue weighted by molar-refractivity contribution is 7.91. The molecule has 0 unspecified atom stereocenters. The van der Waals surface area contributed by atoms with Crippen molar-refractivity contribution in [2.24, 2.45) is 0 Å². The van der Waals surface area contributed by atoms with Crippen LogP contribution in [0.4, 0.5) is 11.4 Å². The molecule has 7 nitrogen and oxygen atoms in total. The monoisotopic (exact) mass is 348 g/mol. The van der Waals surface area contributed by atoms with Crippen molar-refractivity contribution in [2.45, 2.75) is 16.7 Å². The van der Waals surface area contributed by atoms with Crippen molar-refractivity contribution in [1.82, 2.24) is 0 Å². The lowest BCUT2D eigenvalue weighted by Crippen LogP contribution is -2.12. The van der Waals surface area contributed by atoms with E-state index in [1.165, 1.54) is 49.4 Å². The topological polar surface area (TPSA) is 116 Å². The molecule has 0 aliphatic carbocycles. The summed E-state index contributed by atoms with van der Waals surface area (Å²) in [4.78, 5) is 22.6. The van der Waals surface area contributed by atoms with Gasteiger partial charge in [-0.3, -0.25) is 4.79 Å². The number of amides is 1. The van der Waals surface area contributed by atoms with Crippen molar-refractivity contribution < 1.29 is 22.7 Å². The van der Waals surface area contributed by atoms with Gasteiger partial charge in [-0.15, -0.1) is 0 Å². The van der Waals surface area contributed by atoms with E-state index in [1.54, 1.807) is 0 Å². The molecule has 0 fully saturated rings. The maximum absolute atomic E-state index is 12.8. The van der Waals surface area contributed by atoms with E-state index in [0.29, 0.717) is 5.69 Å². The number of methoxy groups -OCH3 is 1. The number of sulfone groups is 1. The van der Waals surface area contributed by atoms with Crippen molar-refractivity contribution in [2.75, 3.05) is 18.2 Å². The number of benzene rings is 2. The van der Waals surface area contributed by atoms with Crippen LogP contribution in [0.15, 0.2) is 52.3 Å². The van der Waals surface area contributed by atoms with Gasteiger partial charge in [-0.05, 0) is 42.5 Å². The molecule has 1 amide bonds. The van der Waals surface area contributed by atoms with Crippen LogP contribution in [-0.4, -0.2) is 27.4 Å². The maximum Gasteiger partial charge on any atom is 0.339 e. The number of ether oxygens (including phenoxy) is 1. The van der Waals surface area contributed by atoms with Crippen LogP contribution in [0.2, 0.25) is 0 Å². The largest absolute Gasteiger partial charge is 0.465 e. The average molecular weight is 348 g/mol. The van der Waals surface area contributed by atoms with E-state index in [9.17, 15) is 18.0 Å². The zero-order chi connectivity index (χ0) is 17.9. The summed E-state index contributed by atoms with van der Waals surface area (Å²) in [6.07, 6.45) is 0. The second-order valence-corrected chi connectivity index (χ2v) is 6.87. The Balaban J connectivity index is 2.51. The van der Waals surface area contributed by atoms with Gasteiger partial charge in [0, 0.05) is 18.3 Å². The first kappa shape index (κ1) is 17.5. The zero-order valence-electron chi connectivity index (χ0n) is 13.1. The minimum atomic E-state index is -3.96. The zero-order valence-corrected chi connectivity index (χ0v) is 13.9. The number of anilines is 2. The average Bonchev–Trinajstić information content (AvgIpc) is 2.53. The van der Waals surface area contributed by atoms with Crippen molar-refractivity contribution in [1.29, 1.82) is 0 Å². The van der Waals surface area contributed by atoms with E-state index in [1.807, 2.05) is 0 Å². The molecule has 2 aromatic carbocycles. The van der Waals surface area contributed by atoms with E-state index in [-0.39, 0.29) is 26.9 Å². The molecule has 126 valence electrons. The van der Waals surface area contributed by atoms with Crippen molar-refractivity contribution in [3.63, 3.8) is 0 Å². The molecule has 0 spiro atoms. The number of nitrogens with one attached hydrogen (secondary N) is 1. The van der Waals surface area contributed by atoms with Gasteiger partial charge in [0.2, 0.25) is 15.7 Å². The van der Waals surface area contributed by atoms with Gasteiger partial charge in [-0.2, -0.15) is 0 Å². The van der Waals surface area contributed by atoms with Crippen LogP contribution < -0.4 is 11.1 Å². The molecule has 3 N–H and O–H groups in total. The number of hydrogen-bond acceptors (Lipinski definition) is 6. The van der Waals surface area contributed by atoms with Gasteiger partial charge in [0.1, 0.15) is 0 Å². The standard InChI is InChI=1S/C16H16N2O5S/c1-10(19)18-12-4-6-13(7-5-12)24(21,22)15-8-3-11(17)9-14(15)16(20)23-2/h3-9H,17H2,1-2H3,(H,18,19). The predicted octanol–water partition coefficient (Wildman–Crippen LogP) is 1.85. The number of hydrogen-bond donors (Lipinski definition) is 2. The third-order valence-corrected chi connectivity index (χ3v) is 5.01. The first-order valence-corrected chi connectivity index (χ1v) is 8.34. The molecular formula is C16H16N2O5S. The molecular weight excluding hydrogens is 332 g/mol. The van der Waals surface area contributed by atoms with Gasteiger partial charge in [0.25, 0.3) is 0 Å². The highest BCUT2D eigenvalue weighted by Crippen LogP contribution is 2.27. The maximum atomic E-state index is 12.8.